The summed E-state index contributed by atoms with van der Waals surface area (Å²) in [4.78, 5) is 11.3. The Balaban J connectivity index is 1.54. The first-order valence-electron chi connectivity index (χ1n) is 8.66. The molecular weight excluding hydrogens is 296 g/mol. The minimum Gasteiger partial charge on any atom is -0.351 e. The summed E-state index contributed by atoms with van der Waals surface area (Å²) in [5, 5.41) is 3.47. The number of nitrogens with zero attached hydrogens (tertiary/aromatic N) is 3. The number of pyridine rings is 1. The highest BCUT2D eigenvalue weighted by molar-refractivity contribution is 5.80. The van der Waals surface area contributed by atoms with Gasteiger partial charge in [0.05, 0.1) is 12.2 Å². The summed E-state index contributed by atoms with van der Waals surface area (Å²) >= 11 is 0. The van der Waals surface area contributed by atoms with E-state index in [9.17, 15) is 0 Å². The molecule has 0 radical (unpaired) electrons. The smallest absolute Gasteiger partial charge is 0.193 e. The predicted octanol–water partition coefficient (Wildman–Crippen LogP) is 3.03. The first-order valence-corrected chi connectivity index (χ1v) is 8.66. The van der Waals surface area contributed by atoms with Gasteiger partial charge in [0.2, 0.25) is 0 Å². The minimum atomic E-state index is 0.697. The average Bonchev–Trinajstić information content (AvgIpc) is 3.06. The molecular formula is C20H26N4. The molecule has 1 aromatic heterocycles. The van der Waals surface area contributed by atoms with Gasteiger partial charge in [0, 0.05) is 26.3 Å². The Kier molecular flexibility index (Phi) is 5.47. The molecule has 1 atom stereocenters. The average molecular weight is 322 g/mol. The molecule has 1 N–H and O–H groups in total. The van der Waals surface area contributed by atoms with Gasteiger partial charge in [0.1, 0.15) is 0 Å². The van der Waals surface area contributed by atoms with Gasteiger partial charge >= 0.3 is 0 Å². The van der Waals surface area contributed by atoms with E-state index >= 15 is 0 Å². The molecule has 1 aliphatic heterocycles. The zero-order valence-electron chi connectivity index (χ0n) is 14.6. The lowest BCUT2D eigenvalue weighted by Crippen LogP contribution is -2.40. The molecule has 1 unspecified atom stereocenters. The number of rotatable bonds is 4. The Labute approximate surface area is 144 Å². The molecule has 1 fully saturated rings. The number of aryl methyl sites for hydroxylation is 1. The van der Waals surface area contributed by atoms with Crippen LogP contribution in [0.15, 0.2) is 53.7 Å². The monoisotopic (exact) mass is 322 g/mol. The molecule has 1 aliphatic rings. The van der Waals surface area contributed by atoms with Crippen LogP contribution in [0.25, 0.3) is 0 Å². The van der Waals surface area contributed by atoms with Crippen LogP contribution in [0.1, 0.15) is 23.2 Å². The minimum absolute atomic E-state index is 0.697. The zero-order chi connectivity index (χ0) is 16.8. The second kappa shape index (κ2) is 7.95. The summed E-state index contributed by atoms with van der Waals surface area (Å²) in [5.74, 6) is 1.68. The highest BCUT2D eigenvalue weighted by Crippen LogP contribution is 2.21. The van der Waals surface area contributed by atoms with Gasteiger partial charge in [0.15, 0.2) is 5.96 Å². The maximum atomic E-state index is 4.46. The van der Waals surface area contributed by atoms with E-state index in [-0.39, 0.29) is 0 Å². The van der Waals surface area contributed by atoms with Crippen molar-refractivity contribution >= 4 is 5.96 Å². The molecule has 4 heteroatoms. The lowest BCUT2D eigenvalue weighted by Gasteiger charge is -2.22. The van der Waals surface area contributed by atoms with Crippen LogP contribution in [0.3, 0.4) is 0 Å². The van der Waals surface area contributed by atoms with E-state index in [0.717, 1.165) is 37.7 Å². The molecule has 0 aliphatic carbocycles. The van der Waals surface area contributed by atoms with E-state index < -0.39 is 0 Å². The van der Waals surface area contributed by atoms with Crippen LogP contribution in [0.4, 0.5) is 0 Å². The highest BCUT2D eigenvalue weighted by atomic mass is 15.3. The van der Waals surface area contributed by atoms with Gasteiger partial charge in [0.25, 0.3) is 0 Å². The van der Waals surface area contributed by atoms with Crippen molar-refractivity contribution in [3.8, 4) is 0 Å². The third kappa shape index (κ3) is 4.13. The Morgan fingerprint density at radius 2 is 2.08 bits per heavy atom. The third-order valence-corrected chi connectivity index (χ3v) is 4.70. The quantitative estimate of drug-likeness (QED) is 0.695. The number of aromatic nitrogens is 1. The van der Waals surface area contributed by atoms with Crippen LogP contribution in [-0.4, -0.2) is 36.0 Å². The third-order valence-electron chi connectivity index (χ3n) is 4.70. The summed E-state index contributed by atoms with van der Waals surface area (Å²) < 4.78 is 0. The maximum absolute atomic E-state index is 4.46. The molecule has 2 heterocycles. The fraction of sp³-hybridized carbons (Fsp3) is 0.400. The summed E-state index contributed by atoms with van der Waals surface area (Å²) in [6.45, 7) is 4.95. The lowest BCUT2D eigenvalue weighted by molar-refractivity contribution is 0.459. The predicted molar refractivity (Wildman–Crippen MR) is 99.0 cm³/mol. The van der Waals surface area contributed by atoms with Crippen molar-refractivity contribution in [1.82, 2.24) is 15.2 Å². The second-order valence-corrected chi connectivity index (χ2v) is 6.46. The molecule has 3 rings (SSSR count). The fourth-order valence-corrected chi connectivity index (χ4v) is 3.34. The molecule has 1 aromatic carbocycles. The van der Waals surface area contributed by atoms with Crippen molar-refractivity contribution < 1.29 is 0 Å². The number of hydrogen-bond donors (Lipinski definition) is 1. The van der Waals surface area contributed by atoms with E-state index in [1.54, 1.807) is 0 Å². The van der Waals surface area contributed by atoms with Gasteiger partial charge in [-0.3, -0.25) is 9.98 Å². The van der Waals surface area contributed by atoms with Gasteiger partial charge in [-0.2, -0.15) is 0 Å². The Hall–Kier alpha value is -2.36. The fourth-order valence-electron chi connectivity index (χ4n) is 3.34. The summed E-state index contributed by atoms with van der Waals surface area (Å²) in [7, 11) is 1.86. The number of hydrogen-bond acceptors (Lipinski definition) is 2. The van der Waals surface area contributed by atoms with E-state index in [4.69, 9.17) is 0 Å². The van der Waals surface area contributed by atoms with Crippen LogP contribution in [0, 0.1) is 12.8 Å². The standard InChI is InChI=1S/C20H26N4/c1-16-7-6-11-22-19(16)14-23-20(21-2)24-12-10-18(15-24)13-17-8-4-3-5-9-17/h3-9,11,18H,10,12-15H2,1-2H3,(H,21,23). The number of nitrogens with one attached hydrogen (secondary N) is 1. The molecule has 0 saturated carbocycles. The maximum Gasteiger partial charge on any atom is 0.193 e. The topological polar surface area (TPSA) is 40.5 Å². The summed E-state index contributed by atoms with van der Waals surface area (Å²) in [5.41, 5.74) is 3.72. The second-order valence-electron chi connectivity index (χ2n) is 6.46. The Bertz CT molecular complexity index is 681. The van der Waals surface area contributed by atoms with Crippen LogP contribution in [0.2, 0.25) is 0 Å². The van der Waals surface area contributed by atoms with E-state index in [1.807, 2.05) is 19.3 Å². The summed E-state index contributed by atoms with van der Waals surface area (Å²) in [6, 6.07) is 14.8. The Morgan fingerprint density at radius 1 is 1.25 bits per heavy atom. The molecule has 1 saturated heterocycles. The molecule has 0 spiro atoms. The van der Waals surface area contributed by atoms with E-state index in [1.165, 1.54) is 17.5 Å². The number of guanidine groups is 1. The van der Waals surface area contributed by atoms with Crippen molar-refractivity contribution in [2.75, 3.05) is 20.1 Å². The largest absolute Gasteiger partial charge is 0.351 e. The first kappa shape index (κ1) is 16.5. The zero-order valence-corrected chi connectivity index (χ0v) is 14.6. The molecule has 0 amide bonds. The van der Waals surface area contributed by atoms with Gasteiger partial charge in [-0.1, -0.05) is 36.4 Å². The molecule has 2 aromatic rings. The van der Waals surface area contributed by atoms with E-state index in [0.29, 0.717) is 5.92 Å². The lowest BCUT2D eigenvalue weighted by atomic mass is 9.99. The van der Waals surface area contributed by atoms with Crippen molar-refractivity contribution in [3.63, 3.8) is 0 Å². The SMILES string of the molecule is CN=C(NCc1ncccc1C)N1CCC(Cc2ccccc2)C1. The molecule has 0 bridgehead atoms. The number of benzene rings is 1. The van der Waals surface area contributed by atoms with Crippen LogP contribution < -0.4 is 5.32 Å². The molecule has 4 nitrogen and oxygen atoms in total. The van der Waals surface area contributed by atoms with Gasteiger partial charge in [-0.05, 0) is 42.9 Å². The molecule has 24 heavy (non-hydrogen) atoms. The first-order chi connectivity index (χ1) is 11.8. The summed E-state index contributed by atoms with van der Waals surface area (Å²) in [6.07, 6.45) is 4.21. The number of aliphatic imine (C=N–C) groups is 1. The number of likely N-dealkylation sites (tertiary alicyclic amines) is 1. The van der Waals surface area contributed by atoms with Crippen LogP contribution in [0.5, 0.6) is 0 Å². The van der Waals surface area contributed by atoms with Gasteiger partial charge in [-0.25, -0.2) is 0 Å². The van der Waals surface area contributed by atoms with Gasteiger partial charge < -0.3 is 10.2 Å². The van der Waals surface area contributed by atoms with Crippen molar-refractivity contribution in [2.45, 2.75) is 26.3 Å². The highest BCUT2D eigenvalue weighted by Gasteiger charge is 2.24. The van der Waals surface area contributed by atoms with Crippen molar-refractivity contribution in [1.29, 1.82) is 0 Å². The van der Waals surface area contributed by atoms with Crippen LogP contribution >= 0.6 is 0 Å². The van der Waals surface area contributed by atoms with E-state index in [2.05, 4.69) is 63.5 Å². The van der Waals surface area contributed by atoms with Crippen molar-refractivity contribution in [3.05, 3.63) is 65.5 Å². The Morgan fingerprint density at radius 3 is 2.83 bits per heavy atom. The normalized spacial score (nSPS) is 18.0. The molecule has 126 valence electrons. The van der Waals surface area contributed by atoms with Gasteiger partial charge in [-0.15, -0.1) is 0 Å². The van der Waals surface area contributed by atoms with Crippen LogP contribution in [-0.2, 0) is 13.0 Å². The van der Waals surface area contributed by atoms with Crippen molar-refractivity contribution in [2.24, 2.45) is 10.9 Å².